The lowest BCUT2D eigenvalue weighted by Crippen LogP contribution is -2.31. The molecule has 35 heavy (non-hydrogen) atoms. The fraction of sp³-hybridized carbons (Fsp3) is 0.667. The summed E-state index contributed by atoms with van der Waals surface area (Å²) in [5.74, 6) is -1.37. The lowest BCUT2D eigenvalue weighted by molar-refractivity contribution is -0.144. The highest BCUT2D eigenvalue weighted by Gasteiger charge is 2.23. The van der Waals surface area contributed by atoms with Crippen molar-refractivity contribution in [3.05, 3.63) is 12.7 Å². The fourth-order valence-corrected chi connectivity index (χ4v) is 2.68. The van der Waals surface area contributed by atoms with E-state index < -0.39 is 30.1 Å². The van der Waals surface area contributed by atoms with Gasteiger partial charge >= 0.3 is 30.1 Å². The van der Waals surface area contributed by atoms with Crippen molar-refractivity contribution in [2.45, 2.75) is 39.5 Å². The highest BCUT2D eigenvalue weighted by molar-refractivity contribution is 5.78. The maximum Gasteiger partial charge on any atom is 0.431 e. The molecule has 0 bridgehead atoms. The standard InChI is InChI=1S/C18H30N2O10.C3H4O2/c1-13(21)25-7-9-29-19-17(23)27-11-15-3-5-16(6-4-15)12-28-18(24)20-30-10-8-26-14(2)22;1-2-3(4)5/h15-16H,3-12H2,1-2H3,(H,19,23)(H,20,24);2H,1H2,(H,4,5). The summed E-state index contributed by atoms with van der Waals surface area (Å²) in [6, 6.07) is 0. The maximum atomic E-state index is 11.5. The van der Waals surface area contributed by atoms with E-state index >= 15 is 0 Å². The molecule has 0 aromatic carbocycles. The Morgan fingerprint density at radius 1 is 0.743 bits per heavy atom. The van der Waals surface area contributed by atoms with Gasteiger partial charge in [0.2, 0.25) is 0 Å². The molecule has 14 nitrogen and oxygen atoms in total. The van der Waals surface area contributed by atoms with Crippen LogP contribution in [0.15, 0.2) is 12.7 Å². The van der Waals surface area contributed by atoms with Crippen LogP contribution in [0, 0.1) is 11.8 Å². The maximum absolute atomic E-state index is 11.5. The van der Waals surface area contributed by atoms with Crippen molar-refractivity contribution in [3.63, 3.8) is 0 Å². The Morgan fingerprint density at radius 3 is 1.37 bits per heavy atom. The first-order valence-corrected chi connectivity index (χ1v) is 10.8. The molecule has 1 saturated carbocycles. The van der Waals surface area contributed by atoms with Gasteiger partial charge in [0, 0.05) is 19.9 Å². The van der Waals surface area contributed by atoms with Crippen LogP contribution in [-0.4, -0.2) is 74.8 Å². The molecule has 0 aromatic rings. The molecule has 14 heteroatoms. The largest absolute Gasteiger partial charge is 0.478 e. The first-order chi connectivity index (χ1) is 16.6. The Bertz CT molecular complexity index is 629. The fourth-order valence-electron chi connectivity index (χ4n) is 2.68. The van der Waals surface area contributed by atoms with Gasteiger partial charge in [-0.2, -0.15) is 11.0 Å². The monoisotopic (exact) mass is 506 g/mol. The van der Waals surface area contributed by atoms with Gasteiger partial charge in [0.1, 0.15) is 26.4 Å². The molecule has 2 amide bonds. The van der Waals surface area contributed by atoms with Gasteiger partial charge in [0.25, 0.3) is 0 Å². The smallest absolute Gasteiger partial charge is 0.431 e. The van der Waals surface area contributed by atoms with Crippen LogP contribution in [0.25, 0.3) is 0 Å². The third kappa shape index (κ3) is 20.9. The summed E-state index contributed by atoms with van der Waals surface area (Å²) in [7, 11) is 0. The van der Waals surface area contributed by atoms with Crippen LogP contribution in [0.2, 0.25) is 0 Å². The van der Waals surface area contributed by atoms with E-state index in [2.05, 4.69) is 27.0 Å². The van der Waals surface area contributed by atoms with E-state index in [1.807, 2.05) is 0 Å². The zero-order valence-electron chi connectivity index (χ0n) is 19.9. The van der Waals surface area contributed by atoms with E-state index in [0.29, 0.717) is 0 Å². The van der Waals surface area contributed by atoms with Crippen molar-refractivity contribution >= 4 is 30.1 Å². The number of carboxylic acid groups (broad SMARTS) is 1. The van der Waals surface area contributed by atoms with Crippen LogP contribution in [-0.2, 0) is 43.0 Å². The van der Waals surface area contributed by atoms with Gasteiger partial charge in [-0.05, 0) is 37.5 Å². The summed E-state index contributed by atoms with van der Waals surface area (Å²) in [6.45, 7) is 6.20. The Labute approximate surface area is 203 Å². The zero-order valence-corrected chi connectivity index (χ0v) is 19.9. The lowest BCUT2D eigenvalue weighted by Gasteiger charge is -2.27. The number of hydrogen-bond donors (Lipinski definition) is 3. The minimum absolute atomic E-state index is 0.0323. The molecule has 0 unspecified atom stereocenters. The van der Waals surface area contributed by atoms with Crippen molar-refractivity contribution in [1.29, 1.82) is 0 Å². The molecule has 1 fully saturated rings. The SMILES string of the molecule is C=CC(=O)O.CC(=O)OCCONC(=O)OCC1CCC(COC(=O)NOCCOC(C)=O)CC1. The van der Waals surface area contributed by atoms with Crippen LogP contribution in [0.1, 0.15) is 39.5 Å². The van der Waals surface area contributed by atoms with Gasteiger partial charge in [-0.15, -0.1) is 0 Å². The minimum atomic E-state index is -0.981. The van der Waals surface area contributed by atoms with Crippen LogP contribution in [0.5, 0.6) is 0 Å². The van der Waals surface area contributed by atoms with Crippen molar-refractivity contribution in [2.75, 3.05) is 39.6 Å². The predicted molar refractivity (Wildman–Crippen MR) is 117 cm³/mol. The number of rotatable bonds is 13. The van der Waals surface area contributed by atoms with E-state index in [-0.39, 0.29) is 51.5 Å². The van der Waals surface area contributed by atoms with Crippen LogP contribution in [0.3, 0.4) is 0 Å². The van der Waals surface area contributed by atoms with Gasteiger partial charge in [0.05, 0.1) is 13.2 Å². The van der Waals surface area contributed by atoms with E-state index in [4.69, 9.17) is 24.3 Å². The number of ether oxygens (including phenoxy) is 4. The Balaban J connectivity index is 0.00000209. The number of carbonyl (C=O) groups excluding carboxylic acids is 4. The van der Waals surface area contributed by atoms with Gasteiger partial charge < -0.3 is 24.1 Å². The Morgan fingerprint density at radius 2 is 1.09 bits per heavy atom. The molecule has 0 atom stereocenters. The molecule has 0 saturated heterocycles. The summed E-state index contributed by atoms with van der Waals surface area (Å²) < 4.78 is 19.5. The van der Waals surface area contributed by atoms with Gasteiger partial charge in [-0.3, -0.25) is 19.3 Å². The van der Waals surface area contributed by atoms with Crippen molar-refractivity contribution in [2.24, 2.45) is 11.8 Å². The summed E-state index contributed by atoms with van der Waals surface area (Å²) in [6.07, 6.45) is 2.80. The molecule has 0 radical (unpaired) electrons. The first-order valence-electron chi connectivity index (χ1n) is 10.8. The average molecular weight is 507 g/mol. The van der Waals surface area contributed by atoms with Gasteiger partial charge in [-0.1, -0.05) is 6.58 Å². The molecule has 0 spiro atoms. The summed E-state index contributed by atoms with van der Waals surface area (Å²) in [5.41, 5.74) is 4.23. The zero-order chi connectivity index (χ0) is 26.5. The van der Waals surface area contributed by atoms with Crippen LogP contribution >= 0.6 is 0 Å². The van der Waals surface area contributed by atoms with E-state index in [1.54, 1.807) is 0 Å². The Kier molecular flexibility index (Phi) is 18.1. The quantitative estimate of drug-likeness (QED) is 0.108. The second-order valence-electron chi connectivity index (χ2n) is 7.21. The van der Waals surface area contributed by atoms with Crippen molar-refractivity contribution < 1.29 is 57.7 Å². The van der Waals surface area contributed by atoms with E-state index in [1.165, 1.54) is 13.8 Å². The molecule has 1 aliphatic carbocycles. The van der Waals surface area contributed by atoms with Gasteiger partial charge in [-0.25, -0.2) is 14.4 Å². The second-order valence-corrected chi connectivity index (χ2v) is 7.21. The van der Waals surface area contributed by atoms with Crippen LogP contribution in [0.4, 0.5) is 9.59 Å². The van der Waals surface area contributed by atoms with E-state index in [0.717, 1.165) is 31.8 Å². The second kappa shape index (κ2) is 20.0. The third-order valence-corrected chi connectivity index (χ3v) is 4.33. The topological polar surface area (TPSA) is 185 Å². The molecular weight excluding hydrogens is 472 g/mol. The lowest BCUT2D eigenvalue weighted by atomic mass is 9.83. The van der Waals surface area contributed by atoms with E-state index in [9.17, 15) is 24.0 Å². The number of hydroxylamine groups is 2. The normalized spacial score (nSPS) is 16.4. The summed E-state index contributed by atoms with van der Waals surface area (Å²) >= 11 is 0. The number of hydrogen-bond acceptors (Lipinski definition) is 11. The molecule has 1 rings (SSSR count). The van der Waals surface area contributed by atoms with Gasteiger partial charge in [0.15, 0.2) is 0 Å². The number of esters is 2. The summed E-state index contributed by atoms with van der Waals surface area (Å²) in [4.78, 5) is 63.1. The number of aliphatic carboxylic acids is 1. The third-order valence-electron chi connectivity index (χ3n) is 4.33. The molecular formula is C21H34N2O12. The number of amides is 2. The number of carboxylic acids is 1. The molecule has 3 N–H and O–H groups in total. The highest BCUT2D eigenvalue weighted by Crippen LogP contribution is 2.29. The highest BCUT2D eigenvalue weighted by atomic mass is 16.7. The molecule has 1 aliphatic rings. The molecule has 0 heterocycles. The first kappa shape index (κ1) is 31.6. The predicted octanol–water partition coefficient (Wildman–Crippen LogP) is 1.49. The van der Waals surface area contributed by atoms with Crippen LogP contribution < -0.4 is 11.0 Å². The number of carbonyl (C=O) groups is 5. The molecule has 0 aliphatic heterocycles. The van der Waals surface area contributed by atoms with Crippen molar-refractivity contribution in [3.8, 4) is 0 Å². The molecule has 0 aromatic heterocycles. The molecule has 200 valence electrons. The van der Waals surface area contributed by atoms with Crippen molar-refractivity contribution in [1.82, 2.24) is 11.0 Å². The summed E-state index contributed by atoms with van der Waals surface area (Å²) in [5, 5.41) is 7.60. The Hall–Kier alpha value is -3.39. The number of nitrogens with one attached hydrogen (secondary N) is 2. The average Bonchev–Trinajstić information content (AvgIpc) is 2.81. The minimum Gasteiger partial charge on any atom is -0.478 e.